The lowest BCUT2D eigenvalue weighted by Crippen LogP contribution is -2.37. The molecule has 5 saturated carbocycles. The van der Waals surface area contributed by atoms with Crippen LogP contribution in [0.1, 0.15) is 104 Å². The molecule has 0 aromatic rings. The molecule has 26 heavy (non-hydrogen) atoms. The number of rotatable bonds is 1. The van der Waals surface area contributed by atoms with Crippen LogP contribution in [0.5, 0.6) is 0 Å². The van der Waals surface area contributed by atoms with E-state index in [1.807, 2.05) is 0 Å². The summed E-state index contributed by atoms with van der Waals surface area (Å²) in [6, 6.07) is 0. The lowest BCUT2D eigenvalue weighted by molar-refractivity contribution is 0.0314. The highest BCUT2D eigenvalue weighted by molar-refractivity contribution is 5.06. The third-order valence-electron chi connectivity index (χ3n) is 10.8. The van der Waals surface area contributed by atoms with Gasteiger partial charge in [0.2, 0.25) is 0 Å². The molecule has 5 fully saturated rings. The van der Waals surface area contributed by atoms with Gasteiger partial charge < -0.3 is 0 Å². The maximum Gasteiger partial charge on any atom is -0.0292 e. The molecule has 0 heteroatoms. The Labute approximate surface area is 163 Å². The third kappa shape index (κ3) is 2.91. The predicted octanol–water partition coefficient (Wildman–Crippen LogP) is 7.72. The molecular formula is C26H44. The molecule has 148 valence electrons. The minimum atomic E-state index is 0.644. The molecule has 0 radical (unpaired) electrons. The van der Waals surface area contributed by atoms with Crippen LogP contribution in [0, 0.1) is 58.7 Å². The zero-order valence-electron chi connectivity index (χ0n) is 17.9. The normalized spacial score (nSPS) is 53.4. The zero-order chi connectivity index (χ0) is 17.9. The van der Waals surface area contributed by atoms with Gasteiger partial charge in [-0.1, -0.05) is 40.0 Å². The van der Waals surface area contributed by atoms with Crippen molar-refractivity contribution in [1.29, 1.82) is 0 Å². The summed E-state index contributed by atoms with van der Waals surface area (Å²) < 4.78 is 0. The Hall–Kier alpha value is 0. The lowest BCUT2D eigenvalue weighted by atomic mass is 9.58. The van der Waals surface area contributed by atoms with Crippen LogP contribution in [0.15, 0.2) is 0 Å². The van der Waals surface area contributed by atoms with Crippen LogP contribution in [0.3, 0.4) is 0 Å². The Kier molecular flexibility index (Phi) is 4.73. The van der Waals surface area contributed by atoms with E-state index >= 15 is 0 Å². The van der Waals surface area contributed by atoms with Gasteiger partial charge in [-0.3, -0.25) is 0 Å². The van der Waals surface area contributed by atoms with Gasteiger partial charge in [0.05, 0.1) is 0 Å². The van der Waals surface area contributed by atoms with Crippen molar-refractivity contribution in [2.24, 2.45) is 58.7 Å². The summed E-state index contributed by atoms with van der Waals surface area (Å²) in [6.45, 7) is 7.89. The van der Waals surface area contributed by atoms with Crippen molar-refractivity contribution in [3.63, 3.8) is 0 Å². The van der Waals surface area contributed by atoms with Gasteiger partial charge in [-0.2, -0.15) is 0 Å². The molecule has 0 aromatic heterocycles. The van der Waals surface area contributed by atoms with Gasteiger partial charge >= 0.3 is 0 Å². The fourth-order valence-corrected chi connectivity index (χ4v) is 9.49. The van der Waals surface area contributed by atoms with Gasteiger partial charge in [-0.15, -0.1) is 0 Å². The van der Waals surface area contributed by atoms with Crippen molar-refractivity contribution >= 4 is 0 Å². The Morgan fingerprint density at radius 3 is 2.08 bits per heavy atom. The first-order valence-corrected chi connectivity index (χ1v) is 12.5. The molecule has 0 aromatic carbocycles. The van der Waals surface area contributed by atoms with Crippen LogP contribution >= 0.6 is 0 Å². The Morgan fingerprint density at radius 1 is 0.538 bits per heavy atom. The third-order valence-corrected chi connectivity index (χ3v) is 10.8. The molecule has 0 amide bonds. The Balaban J connectivity index is 1.28. The van der Waals surface area contributed by atoms with Crippen LogP contribution in [-0.2, 0) is 0 Å². The fourth-order valence-electron chi connectivity index (χ4n) is 9.49. The molecule has 9 atom stereocenters. The molecular weight excluding hydrogens is 312 g/mol. The second kappa shape index (κ2) is 6.81. The first-order valence-electron chi connectivity index (χ1n) is 12.5. The molecule has 0 N–H and O–H groups in total. The summed E-state index contributed by atoms with van der Waals surface area (Å²) in [5.74, 6) is 9.78. The second-order valence-corrected chi connectivity index (χ2v) is 12.2. The maximum atomic E-state index is 2.68. The maximum absolute atomic E-state index is 2.68. The van der Waals surface area contributed by atoms with Gasteiger partial charge in [0.1, 0.15) is 0 Å². The van der Waals surface area contributed by atoms with E-state index in [-0.39, 0.29) is 0 Å². The molecule has 0 aliphatic heterocycles. The van der Waals surface area contributed by atoms with Gasteiger partial charge in [0.25, 0.3) is 0 Å². The van der Waals surface area contributed by atoms with E-state index in [9.17, 15) is 0 Å². The van der Waals surface area contributed by atoms with E-state index < -0.39 is 0 Å². The van der Waals surface area contributed by atoms with Gasteiger partial charge in [0, 0.05) is 0 Å². The van der Waals surface area contributed by atoms with E-state index in [1.165, 1.54) is 19.3 Å². The molecule has 0 nitrogen and oxygen atoms in total. The van der Waals surface area contributed by atoms with Crippen LogP contribution in [0.4, 0.5) is 0 Å². The average molecular weight is 357 g/mol. The molecule has 5 aliphatic carbocycles. The Morgan fingerprint density at radius 2 is 1.19 bits per heavy atom. The van der Waals surface area contributed by atoms with Gasteiger partial charge in [-0.05, 0) is 123 Å². The molecule has 0 saturated heterocycles. The van der Waals surface area contributed by atoms with Crippen molar-refractivity contribution in [2.75, 3.05) is 0 Å². The van der Waals surface area contributed by atoms with Crippen molar-refractivity contribution in [3.8, 4) is 0 Å². The van der Waals surface area contributed by atoms with Crippen molar-refractivity contribution in [1.82, 2.24) is 0 Å². The highest BCUT2D eigenvalue weighted by Gasteiger charge is 2.57. The number of fused-ring (bicyclic) bond motifs is 4. The van der Waals surface area contributed by atoms with Crippen LogP contribution in [0.2, 0.25) is 0 Å². The first kappa shape index (κ1) is 18.1. The SMILES string of the molecule is CC1CCC2CCC(C3CCC4C5CCCCC5C(C)(C)C4C3)CC2C1. The summed E-state index contributed by atoms with van der Waals surface area (Å²) in [4.78, 5) is 0. The lowest BCUT2D eigenvalue weighted by Gasteiger charge is -2.47. The van der Waals surface area contributed by atoms with Crippen molar-refractivity contribution in [2.45, 2.75) is 104 Å². The molecule has 0 heterocycles. The fraction of sp³-hybridized carbons (Fsp3) is 1.00. The van der Waals surface area contributed by atoms with Crippen LogP contribution in [0.25, 0.3) is 0 Å². The smallest absolute Gasteiger partial charge is 0.0292 e. The second-order valence-electron chi connectivity index (χ2n) is 12.2. The highest BCUT2D eigenvalue weighted by atomic mass is 14.6. The summed E-state index contributed by atoms with van der Waals surface area (Å²) in [7, 11) is 0. The minimum Gasteiger partial charge on any atom is -0.0625 e. The Bertz CT molecular complexity index is 504. The molecule has 9 unspecified atom stereocenters. The van der Waals surface area contributed by atoms with Crippen molar-refractivity contribution in [3.05, 3.63) is 0 Å². The first-order chi connectivity index (χ1) is 12.5. The highest BCUT2D eigenvalue weighted by Crippen LogP contribution is 2.64. The zero-order valence-corrected chi connectivity index (χ0v) is 17.9. The van der Waals surface area contributed by atoms with Crippen LogP contribution in [-0.4, -0.2) is 0 Å². The quantitative estimate of drug-likeness (QED) is 0.451. The van der Waals surface area contributed by atoms with Gasteiger partial charge in [-0.25, -0.2) is 0 Å². The van der Waals surface area contributed by atoms with E-state index in [2.05, 4.69) is 20.8 Å². The standard InChI is InChI=1S/C26H44/c1-17-8-9-18-10-11-19(15-21(18)14-17)20-12-13-23-22-6-4-5-7-24(22)26(2,3)25(23)16-20/h17-25H,4-16H2,1-3H3. The van der Waals surface area contributed by atoms with Gasteiger partial charge in [0.15, 0.2) is 0 Å². The van der Waals surface area contributed by atoms with E-state index in [0.717, 1.165) is 53.3 Å². The van der Waals surface area contributed by atoms with E-state index in [1.54, 1.807) is 64.2 Å². The predicted molar refractivity (Wildman–Crippen MR) is 111 cm³/mol. The summed E-state index contributed by atoms with van der Waals surface area (Å²) in [5, 5.41) is 0. The van der Waals surface area contributed by atoms with Crippen LogP contribution < -0.4 is 0 Å². The topological polar surface area (TPSA) is 0 Å². The largest absolute Gasteiger partial charge is 0.0625 e. The monoisotopic (exact) mass is 356 g/mol. The molecule has 0 bridgehead atoms. The minimum absolute atomic E-state index is 0.644. The van der Waals surface area contributed by atoms with Crippen molar-refractivity contribution < 1.29 is 0 Å². The van der Waals surface area contributed by atoms with E-state index in [0.29, 0.717) is 5.41 Å². The molecule has 0 spiro atoms. The van der Waals surface area contributed by atoms with E-state index in [4.69, 9.17) is 0 Å². The molecule has 5 rings (SSSR count). The average Bonchev–Trinajstić information content (AvgIpc) is 2.89. The number of hydrogen-bond acceptors (Lipinski definition) is 0. The number of hydrogen-bond donors (Lipinski definition) is 0. The summed E-state index contributed by atoms with van der Waals surface area (Å²) in [5.41, 5.74) is 0.644. The summed E-state index contributed by atoms with van der Waals surface area (Å²) in [6.07, 6.45) is 20.4. The summed E-state index contributed by atoms with van der Waals surface area (Å²) >= 11 is 0. The molecule has 5 aliphatic rings.